The molecule has 1 aliphatic heterocycles. The van der Waals surface area contributed by atoms with E-state index in [2.05, 4.69) is 17.2 Å². The second kappa shape index (κ2) is 2.35. The van der Waals surface area contributed by atoms with Gasteiger partial charge in [0.2, 0.25) is 0 Å². The Bertz CT molecular complexity index is 181. The minimum absolute atomic E-state index is 0.250. The molecule has 2 aliphatic rings. The third-order valence-corrected chi connectivity index (χ3v) is 1.20. The molecule has 2 N–H and O–H groups in total. The van der Waals surface area contributed by atoms with Crippen LogP contribution in [0.3, 0.4) is 0 Å². The van der Waals surface area contributed by atoms with Gasteiger partial charge in [-0.2, -0.15) is 0 Å². The van der Waals surface area contributed by atoms with Gasteiger partial charge in [-0.25, -0.2) is 0 Å². The molecule has 1 aromatic rings. The molecule has 3 rings (SSSR count). The van der Waals surface area contributed by atoms with Crippen LogP contribution in [-0.4, -0.2) is 16.6 Å². The first-order valence-corrected chi connectivity index (χ1v) is 2.61. The number of hydrogen-bond acceptors (Lipinski definition) is 1. The van der Waals surface area contributed by atoms with Crippen molar-refractivity contribution in [2.45, 2.75) is 6.42 Å². The Balaban J connectivity index is 0.000000120. The highest BCUT2D eigenvalue weighted by molar-refractivity contribution is 5.32. The van der Waals surface area contributed by atoms with Crippen molar-refractivity contribution in [1.82, 2.24) is 4.98 Å². The van der Waals surface area contributed by atoms with Crippen LogP contribution in [0.5, 0.6) is 0 Å². The standard InChI is InChI=1S/C5H5N.CH2O2/c1-4-2-5(1)6-3-4;2-1-3/h1,3,6H,2H2;1H,(H,2,3). The average Bonchev–Trinajstić information content (AvgIpc) is 2.17. The Morgan fingerprint density at radius 3 is 2.44 bits per heavy atom. The first-order valence-electron chi connectivity index (χ1n) is 2.61. The fourth-order valence-corrected chi connectivity index (χ4v) is 0.785. The lowest BCUT2D eigenvalue weighted by atomic mass is 10.1. The molecule has 0 radical (unpaired) electrons. The quantitative estimate of drug-likeness (QED) is 0.507. The number of nitrogens with one attached hydrogen (secondary N) is 1. The normalized spacial score (nSPS) is 10.7. The topological polar surface area (TPSA) is 53.1 Å². The summed E-state index contributed by atoms with van der Waals surface area (Å²) in [6.07, 6.45) is 3.25. The molecule has 0 spiro atoms. The molecule has 0 saturated heterocycles. The van der Waals surface area contributed by atoms with Crippen molar-refractivity contribution in [2.24, 2.45) is 0 Å². The summed E-state index contributed by atoms with van der Waals surface area (Å²) >= 11 is 0. The van der Waals surface area contributed by atoms with Gasteiger partial charge in [0.1, 0.15) is 0 Å². The Morgan fingerprint density at radius 2 is 2.33 bits per heavy atom. The summed E-state index contributed by atoms with van der Waals surface area (Å²) in [5.74, 6) is 0. The zero-order valence-corrected chi connectivity index (χ0v) is 4.79. The zero-order valence-electron chi connectivity index (χ0n) is 4.79. The molecule has 3 heteroatoms. The molecule has 0 aromatic carbocycles. The second-order valence-electron chi connectivity index (χ2n) is 1.82. The van der Waals surface area contributed by atoms with Gasteiger partial charge >= 0.3 is 0 Å². The largest absolute Gasteiger partial charge is 0.483 e. The van der Waals surface area contributed by atoms with Crippen LogP contribution in [0.25, 0.3) is 0 Å². The Hall–Kier alpha value is -1.25. The smallest absolute Gasteiger partial charge is 0.290 e. The van der Waals surface area contributed by atoms with Gasteiger partial charge in [0, 0.05) is 18.3 Å². The van der Waals surface area contributed by atoms with Crippen LogP contribution in [0.1, 0.15) is 11.3 Å². The fraction of sp³-hybridized carbons (Fsp3) is 0.167. The number of aromatic nitrogens is 1. The van der Waals surface area contributed by atoms with Crippen molar-refractivity contribution < 1.29 is 9.90 Å². The first-order chi connectivity index (χ1) is 4.36. The van der Waals surface area contributed by atoms with Gasteiger partial charge in [-0.15, -0.1) is 0 Å². The van der Waals surface area contributed by atoms with Crippen molar-refractivity contribution in [3.63, 3.8) is 0 Å². The molecule has 1 aromatic heterocycles. The summed E-state index contributed by atoms with van der Waals surface area (Å²) in [5.41, 5.74) is 2.83. The lowest BCUT2D eigenvalue weighted by Crippen LogP contribution is -1.88. The minimum atomic E-state index is -0.250. The van der Waals surface area contributed by atoms with E-state index in [1.54, 1.807) is 0 Å². The minimum Gasteiger partial charge on any atom is -0.483 e. The van der Waals surface area contributed by atoms with E-state index in [0.29, 0.717) is 0 Å². The third kappa shape index (κ3) is 1.10. The van der Waals surface area contributed by atoms with E-state index in [1.165, 1.54) is 17.7 Å². The maximum absolute atomic E-state index is 8.36. The zero-order chi connectivity index (χ0) is 6.69. The summed E-state index contributed by atoms with van der Waals surface area (Å²) < 4.78 is 0. The molecule has 9 heavy (non-hydrogen) atoms. The van der Waals surface area contributed by atoms with Gasteiger partial charge in [-0.3, -0.25) is 4.79 Å². The molecule has 0 atom stereocenters. The summed E-state index contributed by atoms with van der Waals surface area (Å²) in [6, 6.07) is 2.17. The van der Waals surface area contributed by atoms with Gasteiger partial charge < -0.3 is 10.1 Å². The lowest BCUT2D eigenvalue weighted by Gasteiger charge is -1.96. The summed E-state index contributed by atoms with van der Waals surface area (Å²) in [5, 5.41) is 6.89. The van der Waals surface area contributed by atoms with E-state index in [1.807, 2.05) is 0 Å². The van der Waals surface area contributed by atoms with Crippen molar-refractivity contribution in [3.05, 3.63) is 23.5 Å². The van der Waals surface area contributed by atoms with Crippen LogP contribution in [0, 0.1) is 0 Å². The van der Waals surface area contributed by atoms with Crippen LogP contribution in [0.15, 0.2) is 12.3 Å². The molecule has 0 unspecified atom stereocenters. The number of aromatic amines is 1. The van der Waals surface area contributed by atoms with Crippen LogP contribution < -0.4 is 0 Å². The summed E-state index contributed by atoms with van der Waals surface area (Å²) in [7, 11) is 0. The first kappa shape index (κ1) is 5.88. The second-order valence-corrected chi connectivity index (χ2v) is 1.82. The van der Waals surface area contributed by atoms with Crippen molar-refractivity contribution in [2.75, 3.05) is 0 Å². The van der Waals surface area contributed by atoms with Crippen LogP contribution in [-0.2, 0) is 11.2 Å². The van der Waals surface area contributed by atoms with Crippen molar-refractivity contribution in [1.29, 1.82) is 0 Å². The molecular formula is C6H7NO2. The highest BCUT2D eigenvalue weighted by Gasteiger charge is 2.07. The molecule has 2 heterocycles. The number of carbonyl (C=O) groups is 1. The van der Waals surface area contributed by atoms with E-state index < -0.39 is 0 Å². The Kier molecular flexibility index (Phi) is 1.53. The number of H-pyrrole nitrogens is 1. The maximum Gasteiger partial charge on any atom is 0.290 e. The van der Waals surface area contributed by atoms with Crippen molar-refractivity contribution >= 4 is 6.47 Å². The monoisotopic (exact) mass is 125 g/mol. The van der Waals surface area contributed by atoms with E-state index in [9.17, 15) is 0 Å². The van der Waals surface area contributed by atoms with E-state index >= 15 is 0 Å². The van der Waals surface area contributed by atoms with Crippen molar-refractivity contribution in [3.8, 4) is 0 Å². The van der Waals surface area contributed by atoms with Crippen LogP contribution in [0.2, 0.25) is 0 Å². The van der Waals surface area contributed by atoms with Gasteiger partial charge in [0.15, 0.2) is 0 Å². The van der Waals surface area contributed by atoms with E-state index in [0.717, 1.165) is 0 Å². The molecule has 0 saturated carbocycles. The highest BCUT2D eigenvalue weighted by atomic mass is 16.3. The summed E-state index contributed by atoms with van der Waals surface area (Å²) in [6.45, 7) is -0.250. The van der Waals surface area contributed by atoms with Gasteiger partial charge in [0.05, 0.1) is 0 Å². The van der Waals surface area contributed by atoms with E-state index in [4.69, 9.17) is 9.90 Å². The molecule has 0 fully saturated rings. The number of rotatable bonds is 0. The fourth-order valence-electron chi connectivity index (χ4n) is 0.785. The average molecular weight is 125 g/mol. The molecule has 1 aliphatic carbocycles. The van der Waals surface area contributed by atoms with Crippen LogP contribution >= 0.6 is 0 Å². The molecule has 0 amide bonds. The predicted molar refractivity (Wildman–Crippen MR) is 32.3 cm³/mol. The van der Waals surface area contributed by atoms with Gasteiger partial charge in [-0.05, 0) is 11.6 Å². The highest BCUT2D eigenvalue weighted by Crippen LogP contribution is 2.17. The molecule has 3 nitrogen and oxygen atoms in total. The number of carboxylic acid groups (broad SMARTS) is 1. The van der Waals surface area contributed by atoms with Gasteiger partial charge in [-0.1, -0.05) is 0 Å². The predicted octanol–water partition coefficient (Wildman–Crippen LogP) is 0.620. The lowest BCUT2D eigenvalue weighted by molar-refractivity contribution is -0.122. The van der Waals surface area contributed by atoms with E-state index in [-0.39, 0.29) is 6.47 Å². The summed E-state index contributed by atoms with van der Waals surface area (Å²) in [4.78, 5) is 11.5. The van der Waals surface area contributed by atoms with Gasteiger partial charge in [0.25, 0.3) is 6.47 Å². The Labute approximate surface area is 52.3 Å². The number of fused-ring (bicyclic) bond motifs is 1. The maximum atomic E-state index is 8.36. The SMILES string of the molecule is O=CO.c1[nH]c2cc1C2. The van der Waals surface area contributed by atoms with Crippen LogP contribution in [0.4, 0.5) is 0 Å². The Morgan fingerprint density at radius 1 is 1.78 bits per heavy atom. The number of hydrogen-bond donors (Lipinski definition) is 2. The molecule has 2 bridgehead atoms. The third-order valence-electron chi connectivity index (χ3n) is 1.20. The molecule has 48 valence electrons. The molecular weight excluding hydrogens is 118 g/mol.